The van der Waals surface area contributed by atoms with Gasteiger partial charge >= 0.3 is 6.18 Å². The molecule has 1 fully saturated rings. The SMILES string of the molecule is CC(C)(OCc1cccc(-c2cc(NC(=O)[C@@H]3CNC(=O)C3)nn2-c2ccc(Cl)cc2)c1)C(F)(F)F. The maximum Gasteiger partial charge on any atom is 0.416 e. The highest BCUT2D eigenvalue weighted by atomic mass is 35.5. The Hall–Kier alpha value is -3.37. The van der Waals surface area contributed by atoms with Crippen LogP contribution < -0.4 is 10.6 Å². The van der Waals surface area contributed by atoms with Gasteiger partial charge in [0.05, 0.1) is 23.9 Å². The minimum absolute atomic E-state index is 0.104. The van der Waals surface area contributed by atoms with Crippen LogP contribution in [0.3, 0.4) is 0 Å². The number of alkyl halides is 3. The molecule has 2 aromatic carbocycles. The molecule has 0 bridgehead atoms. The second-order valence-corrected chi connectivity index (χ2v) is 9.43. The van der Waals surface area contributed by atoms with Crippen molar-refractivity contribution in [3.05, 3.63) is 65.2 Å². The maximum atomic E-state index is 13.2. The summed E-state index contributed by atoms with van der Waals surface area (Å²) >= 11 is 6.02. The van der Waals surface area contributed by atoms with Crippen molar-refractivity contribution in [3.8, 4) is 16.9 Å². The number of benzene rings is 2. The molecule has 11 heteroatoms. The molecule has 1 aliphatic rings. The number of hydrogen-bond donors (Lipinski definition) is 2. The van der Waals surface area contributed by atoms with Crippen LogP contribution in [0.1, 0.15) is 25.8 Å². The zero-order valence-corrected chi connectivity index (χ0v) is 20.3. The van der Waals surface area contributed by atoms with Gasteiger partial charge in [-0.05, 0) is 49.7 Å². The molecule has 2 N–H and O–H groups in total. The van der Waals surface area contributed by atoms with Crippen LogP contribution in [0.2, 0.25) is 5.02 Å². The number of amides is 2. The molecule has 0 radical (unpaired) electrons. The van der Waals surface area contributed by atoms with E-state index in [0.717, 1.165) is 13.8 Å². The van der Waals surface area contributed by atoms with Gasteiger partial charge in [-0.1, -0.05) is 29.8 Å². The molecular weight excluding hydrogens is 497 g/mol. The number of carbonyl (C=O) groups excluding carboxylic acids is 2. The summed E-state index contributed by atoms with van der Waals surface area (Å²) in [5.41, 5.74) is 0.135. The van der Waals surface area contributed by atoms with Crippen LogP contribution >= 0.6 is 11.6 Å². The fourth-order valence-corrected chi connectivity index (χ4v) is 3.74. The largest absolute Gasteiger partial charge is 0.416 e. The smallest absolute Gasteiger partial charge is 0.361 e. The minimum atomic E-state index is -4.51. The van der Waals surface area contributed by atoms with Crippen molar-refractivity contribution in [2.24, 2.45) is 5.92 Å². The minimum Gasteiger partial charge on any atom is -0.361 e. The Kier molecular flexibility index (Phi) is 7.10. The van der Waals surface area contributed by atoms with Crippen LogP contribution in [-0.2, 0) is 20.9 Å². The normalized spacial score (nSPS) is 16.2. The standard InChI is InChI=1S/C25H24ClF3N4O3/c1-24(2,25(27,28)29)36-14-15-4-3-5-16(10-15)20-12-21(31-23(35)17-11-22(34)30-13-17)32-33(20)19-8-6-18(26)7-9-19/h3-10,12,17H,11,13-14H2,1-2H3,(H,30,34)(H,31,32,35)/t17-/m0/s1. The van der Waals surface area contributed by atoms with Crippen LogP contribution in [0, 0.1) is 5.92 Å². The summed E-state index contributed by atoms with van der Waals surface area (Å²) in [5, 5.41) is 10.4. The number of hydrogen-bond acceptors (Lipinski definition) is 4. The first-order valence-electron chi connectivity index (χ1n) is 11.2. The van der Waals surface area contributed by atoms with Gasteiger partial charge in [0.2, 0.25) is 11.8 Å². The zero-order valence-electron chi connectivity index (χ0n) is 19.5. The lowest BCUT2D eigenvalue weighted by molar-refractivity contribution is -0.267. The van der Waals surface area contributed by atoms with Gasteiger partial charge in [0.1, 0.15) is 0 Å². The number of halogens is 4. The molecule has 0 spiro atoms. The molecule has 3 aromatic rings. The third-order valence-electron chi connectivity index (χ3n) is 5.89. The predicted molar refractivity (Wildman–Crippen MR) is 129 cm³/mol. The van der Waals surface area contributed by atoms with Gasteiger partial charge in [-0.2, -0.15) is 13.2 Å². The Balaban J connectivity index is 1.64. The molecule has 190 valence electrons. The first kappa shape index (κ1) is 25.7. The van der Waals surface area contributed by atoms with Crippen LogP contribution in [0.5, 0.6) is 0 Å². The molecule has 1 aromatic heterocycles. The fraction of sp³-hybridized carbons (Fsp3) is 0.320. The topological polar surface area (TPSA) is 85.2 Å². The number of aromatic nitrogens is 2. The number of ether oxygens (including phenoxy) is 1. The number of nitrogens with one attached hydrogen (secondary N) is 2. The van der Waals surface area contributed by atoms with Crippen molar-refractivity contribution in [1.29, 1.82) is 0 Å². The average molecular weight is 521 g/mol. The lowest BCUT2D eigenvalue weighted by Gasteiger charge is -2.28. The quantitative estimate of drug-likeness (QED) is 0.452. The lowest BCUT2D eigenvalue weighted by Crippen LogP contribution is -2.41. The van der Waals surface area contributed by atoms with Crippen molar-refractivity contribution in [2.45, 2.75) is 38.7 Å². The molecule has 0 unspecified atom stereocenters. The van der Waals surface area contributed by atoms with E-state index in [1.807, 2.05) is 0 Å². The molecule has 1 atom stereocenters. The molecule has 1 saturated heterocycles. The second-order valence-electron chi connectivity index (χ2n) is 8.99. The third kappa shape index (κ3) is 5.71. The highest BCUT2D eigenvalue weighted by Gasteiger charge is 2.48. The highest BCUT2D eigenvalue weighted by molar-refractivity contribution is 6.30. The van der Waals surface area contributed by atoms with E-state index < -0.39 is 17.7 Å². The Morgan fingerprint density at radius 1 is 1.19 bits per heavy atom. The van der Waals surface area contributed by atoms with E-state index in [0.29, 0.717) is 27.5 Å². The maximum absolute atomic E-state index is 13.2. The highest BCUT2D eigenvalue weighted by Crippen LogP contribution is 2.34. The predicted octanol–water partition coefficient (Wildman–Crippen LogP) is 5.12. The van der Waals surface area contributed by atoms with Crippen LogP contribution in [0.4, 0.5) is 19.0 Å². The number of anilines is 1. The third-order valence-corrected chi connectivity index (χ3v) is 6.14. The summed E-state index contributed by atoms with van der Waals surface area (Å²) < 4.78 is 46.3. The van der Waals surface area contributed by atoms with Gasteiger partial charge in [-0.3, -0.25) is 9.59 Å². The molecule has 7 nitrogen and oxygen atoms in total. The summed E-state index contributed by atoms with van der Waals surface area (Å²) in [6, 6.07) is 15.4. The number of rotatable bonds is 7. The Morgan fingerprint density at radius 2 is 1.92 bits per heavy atom. The summed E-state index contributed by atoms with van der Waals surface area (Å²) in [6.07, 6.45) is -4.41. The van der Waals surface area contributed by atoms with Crippen LogP contribution in [0.25, 0.3) is 16.9 Å². The van der Waals surface area contributed by atoms with Crippen LogP contribution in [-0.4, -0.2) is 39.9 Å². The molecule has 36 heavy (non-hydrogen) atoms. The number of nitrogens with zero attached hydrogens (tertiary/aromatic N) is 2. The summed E-state index contributed by atoms with van der Waals surface area (Å²) in [6.45, 7) is 1.97. The Morgan fingerprint density at radius 3 is 2.56 bits per heavy atom. The van der Waals surface area contributed by atoms with E-state index in [1.165, 1.54) is 0 Å². The van der Waals surface area contributed by atoms with Crippen molar-refractivity contribution in [3.63, 3.8) is 0 Å². The van der Waals surface area contributed by atoms with E-state index in [9.17, 15) is 22.8 Å². The Labute approximate surface area is 210 Å². The first-order chi connectivity index (χ1) is 16.9. The van der Waals surface area contributed by atoms with E-state index in [4.69, 9.17) is 16.3 Å². The molecule has 0 aliphatic carbocycles. The fourth-order valence-electron chi connectivity index (χ4n) is 3.61. The van der Waals surface area contributed by atoms with Gasteiger partial charge in [-0.25, -0.2) is 4.68 Å². The molecule has 0 saturated carbocycles. The van der Waals surface area contributed by atoms with Gasteiger partial charge in [0.15, 0.2) is 11.4 Å². The van der Waals surface area contributed by atoms with Gasteiger partial charge in [0.25, 0.3) is 0 Å². The first-order valence-corrected chi connectivity index (χ1v) is 11.5. The Bertz CT molecular complexity index is 1270. The molecule has 1 aliphatic heterocycles. The molecule has 2 amide bonds. The van der Waals surface area contributed by atoms with Crippen molar-refractivity contribution in [1.82, 2.24) is 15.1 Å². The second kappa shape index (κ2) is 9.94. The summed E-state index contributed by atoms with van der Waals surface area (Å²) in [7, 11) is 0. The van der Waals surface area contributed by atoms with E-state index in [1.54, 1.807) is 59.3 Å². The van der Waals surface area contributed by atoms with Gasteiger partial charge in [0, 0.05) is 29.6 Å². The van der Waals surface area contributed by atoms with Crippen LogP contribution in [0.15, 0.2) is 54.6 Å². The van der Waals surface area contributed by atoms with Gasteiger partial charge in [-0.15, -0.1) is 5.10 Å². The van der Waals surface area contributed by atoms with Crippen molar-refractivity contribution in [2.75, 3.05) is 11.9 Å². The van der Waals surface area contributed by atoms with Gasteiger partial charge < -0.3 is 15.4 Å². The lowest BCUT2D eigenvalue weighted by atomic mass is 10.1. The van der Waals surface area contributed by atoms with E-state index in [-0.39, 0.29) is 37.2 Å². The van der Waals surface area contributed by atoms with E-state index >= 15 is 0 Å². The number of carbonyl (C=O) groups is 2. The van der Waals surface area contributed by atoms with E-state index in [2.05, 4.69) is 15.7 Å². The summed E-state index contributed by atoms with van der Waals surface area (Å²) in [4.78, 5) is 24.1. The molecule has 4 rings (SSSR count). The van der Waals surface area contributed by atoms with Crippen molar-refractivity contribution < 1.29 is 27.5 Å². The zero-order chi connectivity index (χ0) is 26.1. The molecule has 2 heterocycles. The summed E-state index contributed by atoms with van der Waals surface area (Å²) in [5.74, 6) is -0.754. The molecular formula is C25H24ClF3N4O3. The van der Waals surface area contributed by atoms with Crippen molar-refractivity contribution >= 4 is 29.2 Å². The monoisotopic (exact) mass is 520 g/mol. The average Bonchev–Trinajstić information content (AvgIpc) is 3.44.